The number of hydrogen-bond acceptors (Lipinski definition) is 8. The van der Waals surface area contributed by atoms with Gasteiger partial charge >= 0.3 is 0 Å². The molecule has 0 saturated carbocycles. The zero-order chi connectivity index (χ0) is 17.8. The van der Waals surface area contributed by atoms with Crippen molar-refractivity contribution in [1.29, 1.82) is 0 Å². The van der Waals surface area contributed by atoms with Crippen LogP contribution in [0.2, 0.25) is 0 Å². The molecule has 1 fully saturated rings. The van der Waals surface area contributed by atoms with Gasteiger partial charge in [0.25, 0.3) is 6.03 Å². The van der Waals surface area contributed by atoms with Crippen molar-refractivity contribution in [2.45, 2.75) is 18.7 Å². The molecule has 5 N–H and O–H groups in total. The Morgan fingerprint density at radius 2 is 2.00 bits per heavy atom. The predicted octanol–water partition coefficient (Wildman–Crippen LogP) is -0.258. The molecule has 1 saturated heterocycles. The van der Waals surface area contributed by atoms with Gasteiger partial charge < -0.3 is 19.9 Å². The SMILES string of the molecule is CNC1(COc2cc(O)ccc2NC(C)=O)COC(NC)(NC)O1. The summed E-state index contributed by atoms with van der Waals surface area (Å²) in [4.78, 5) is 11.3. The van der Waals surface area contributed by atoms with E-state index in [9.17, 15) is 9.90 Å². The van der Waals surface area contributed by atoms with E-state index in [-0.39, 0.29) is 24.9 Å². The Morgan fingerprint density at radius 3 is 2.54 bits per heavy atom. The number of aromatic hydroxyl groups is 1. The molecule has 24 heavy (non-hydrogen) atoms. The summed E-state index contributed by atoms with van der Waals surface area (Å²) in [6.07, 6.45) is 0. The zero-order valence-electron chi connectivity index (χ0n) is 14.2. The molecule has 9 heteroatoms. The van der Waals surface area contributed by atoms with Gasteiger partial charge in [-0.2, -0.15) is 0 Å². The first kappa shape index (κ1) is 18.4. The lowest BCUT2D eigenvalue weighted by atomic mass is 10.2. The third kappa shape index (κ3) is 3.94. The number of ether oxygens (including phenoxy) is 3. The highest BCUT2D eigenvalue weighted by Crippen LogP contribution is 2.31. The Hall–Kier alpha value is -1.91. The molecule has 1 heterocycles. The Morgan fingerprint density at radius 1 is 1.29 bits per heavy atom. The number of carbonyl (C=O) groups is 1. The van der Waals surface area contributed by atoms with Crippen molar-refractivity contribution in [3.63, 3.8) is 0 Å². The van der Waals surface area contributed by atoms with E-state index in [1.807, 2.05) is 0 Å². The lowest BCUT2D eigenvalue weighted by Crippen LogP contribution is -2.59. The number of rotatable bonds is 7. The molecule has 2 rings (SSSR count). The second-order valence-electron chi connectivity index (χ2n) is 5.40. The van der Waals surface area contributed by atoms with E-state index in [0.717, 1.165) is 0 Å². The van der Waals surface area contributed by atoms with Crippen LogP contribution in [0, 0.1) is 0 Å². The van der Waals surface area contributed by atoms with Crippen LogP contribution in [0.25, 0.3) is 0 Å². The van der Waals surface area contributed by atoms with E-state index in [1.54, 1.807) is 27.2 Å². The molecule has 0 aromatic heterocycles. The molecule has 1 atom stereocenters. The predicted molar refractivity (Wildman–Crippen MR) is 87.6 cm³/mol. The molecule has 1 aromatic rings. The highest BCUT2D eigenvalue weighted by Gasteiger charge is 2.49. The van der Waals surface area contributed by atoms with Crippen molar-refractivity contribution in [2.24, 2.45) is 0 Å². The van der Waals surface area contributed by atoms with Gasteiger partial charge in [0.1, 0.15) is 18.1 Å². The fourth-order valence-electron chi connectivity index (χ4n) is 2.31. The fraction of sp³-hybridized carbons (Fsp3) is 0.533. The molecular weight excluding hydrogens is 316 g/mol. The first-order valence-corrected chi connectivity index (χ1v) is 7.52. The lowest BCUT2D eigenvalue weighted by molar-refractivity contribution is -0.231. The standard InChI is InChI=1S/C15H24N4O5/c1-10(20)19-12-6-5-11(21)7-13(12)22-8-14(16-2)9-23-15(17-3,18-4)24-14/h5-7,16-18,21H,8-9H2,1-4H3,(H,19,20). The normalized spacial score (nSPS) is 22.3. The first-order chi connectivity index (χ1) is 11.4. The largest absolute Gasteiger partial charge is 0.508 e. The van der Waals surface area contributed by atoms with Crippen molar-refractivity contribution in [2.75, 3.05) is 39.7 Å². The maximum Gasteiger partial charge on any atom is 0.293 e. The van der Waals surface area contributed by atoms with E-state index in [4.69, 9.17) is 14.2 Å². The number of carbonyl (C=O) groups excluding carboxylic acids is 1. The summed E-state index contributed by atoms with van der Waals surface area (Å²) in [6, 6.07) is 3.34. The van der Waals surface area contributed by atoms with Gasteiger partial charge in [-0.25, -0.2) is 0 Å². The number of nitrogens with one attached hydrogen (secondary N) is 4. The van der Waals surface area contributed by atoms with E-state index < -0.39 is 11.8 Å². The van der Waals surface area contributed by atoms with Crippen molar-refractivity contribution in [3.05, 3.63) is 18.2 Å². The summed E-state index contributed by atoms with van der Waals surface area (Å²) in [7, 11) is 5.13. The topological polar surface area (TPSA) is 113 Å². The third-order valence-corrected chi connectivity index (χ3v) is 3.70. The maximum absolute atomic E-state index is 11.3. The molecule has 0 bridgehead atoms. The smallest absolute Gasteiger partial charge is 0.293 e. The summed E-state index contributed by atoms with van der Waals surface area (Å²) in [5.41, 5.74) is -0.454. The van der Waals surface area contributed by atoms with Crippen LogP contribution < -0.4 is 26.0 Å². The number of likely N-dealkylation sites (N-methyl/N-ethyl adjacent to an activating group) is 1. The van der Waals surface area contributed by atoms with Gasteiger partial charge in [-0.15, -0.1) is 0 Å². The van der Waals surface area contributed by atoms with Crippen molar-refractivity contribution < 1.29 is 24.1 Å². The average Bonchev–Trinajstić information content (AvgIpc) is 2.95. The summed E-state index contributed by atoms with van der Waals surface area (Å²) in [5, 5.41) is 21.2. The molecule has 9 nitrogen and oxygen atoms in total. The van der Waals surface area contributed by atoms with Crippen molar-refractivity contribution in [3.8, 4) is 11.5 Å². The van der Waals surface area contributed by atoms with Crippen LogP contribution >= 0.6 is 0 Å². The van der Waals surface area contributed by atoms with Gasteiger partial charge in [-0.1, -0.05) is 0 Å². The Labute approximate surface area is 140 Å². The van der Waals surface area contributed by atoms with E-state index in [2.05, 4.69) is 21.3 Å². The van der Waals surface area contributed by atoms with Crippen LogP contribution in [0.3, 0.4) is 0 Å². The molecule has 0 aliphatic carbocycles. The Kier molecular flexibility index (Phi) is 5.62. The number of phenols is 1. The molecule has 0 spiro atoms. The molecular formula is C15H24N4O5. The summed E-state index contributed by atoms with van der Waals surface area (Å²) >= 11 is 0. The third-order valence-electron chi connectivity index (χ3n) is 3.70. The fourth-order valence-corrected chi connectivity index (χ4v) is 2.31. The number of amides is 1. The van der Waals surface area contributed by atoms with Crippen molar-refractivity contribution in [1.82, 2.24) is 16.0 Å². The molecule has 0 radical (unpaired) electrons. The number of benzene rings is 1. The van der Waals surface area contributed by atoms with Crippen LogP contribution in [0.5, 0.6) is 11.5 Å². The van der Waals surface area contributed by atoms with Crippen LogP contribution in [-0.2, 0) is 14.3 Å². The summed E-state index contributed by atoms with van der Waals surface area (Å²) in [5.74, 6) is 0.120. The summed E-state index contributed by atoms with van der Waals surface area (Å²) in [6.45, 7) is 1.71. The number of anilines is 1. The lowest BCUT2D eigenvalue weighted by Gasteiger charge is -2.31. The molecule has 1 unspecified atom stereocenters. The average molecular weight is 340 g/mol. The van der Waals surface area contributed by atoms with Crippen LogP contribution in [0.1, 0.15) is 6.92 Å². The van der Waals surface area contributed by atoms with Gasteiger partial charge in [0.05, 0.1) is 12.3 Å². The van der Waals surface area contributed by atoms with E-state index >= 15 is 0 Å². The first-order valence-electron chi connectivity index (χ1n) is 7.52. The minimum absolute atomic E-state index is 0.0287. The van der Waals surface area contributed by atoms with Gasteiger partial charge in [-0.3, -0.25) is 25.5 Å². The Balaban J connectivity index is 2.14. The molecule has 134 valence electrons. The highest BCUT2D eigenvalue weighted by atomic mass is 16.8. The van der Waals surface area contributed by atoms with Crippen molar-refractivity contribution >= 4 is 11.6 Å². The van der Waals surface area contributed by atoms with Gasteiger partial charge in [0.2, 0.25) is 5.91 Å². The van der Waals surface area contributed by atoms with E-state index in [1.165, 1.54) is 19.1 Å². The van der Waals surface area contributed by atoms with Gasteiger partial charge in [-0.05, 0) is 33.3 Å². The Bertz CT molecular complexity index is 593. The minimum Gasteiger partial charge on any atom is -0.508 e. The number of phenolic OH excluding ortho intramolecular Hbond substituents is 1. The van der Waals surface area contributed by atoms with Crippen LogP contribution in [0.15, 0.2) is 18.2 Å². The minimum atomic E-state index is -1.12. The molecule has 1 amide bonds. The molecule has 1 aliphatic heterocycles. The van der Waals surface area contributed by atoms with E-state index in [0.29, 0.717) is 11.4 Å². The van der Waals surface area contributed by atoms with Gasteiger partial charge in [0, 0.05) is 13.0 Å². The second kappa shape index (κ2) is 7.32. The maximum atomic E-state index is 11.3. The summed E-state index contributed by atoms with van der Waals surface area (Å²) < 4.78 is 17.4. The number of hydrogen-bond donors (Lipinski definition) is 5. The molecule has 1 aliphatic rings. The quantitative estimate of drug-likeness (QED) is 0.341. The molecule has 1 aromatic carbocycles. The van der Waals surface area contributed by atoms with Crippen LogP contribution in [0.4, 0.5) is 5.69 Å². The highest BCUT2D eigenvalue weighted by molar-refractivity contribution is 5.90. The monoisotopic (exact) mass is 340 g/mol. The zero-order valence-corrected chi connectivity index (χ0v) is 14.2. The second-order valence-corrected chi connectivity index (χ2v) is 5.40. The van der Waals surface area contributed by atoms with Crippen LogP contribution in [-0.4, -0.2) is 57.1 Å². The van der Waals surface area contributed by atoms with Gasteiger partial charge in [0.15, 0.2) is 5.72 Å².